The van der Waals surface area contributed by atoms with Gasteiger partial charge in [0.1, 0.15) is 11.4 Å². The van der Waals surface area contributed by atoms with E-state index in [4.69, 9.17) is 4.74 Å². The van der Waals surface area contributed by atoms with E-state index in [-0.39, 0.29) is 0 Å². The lowest BCUT2D eigenvalue weighted by atomic mass is 10.0. The van der Waals surface area contributed by atoms with Crippen molar-refractivity contribution in [2.75, 3.05) is 26.7 Å². The number of benzene rings is 1. The highest BCUT2D eigenvalue weighted by Crippen LogP contribution is 2.26. The van der Waals surface area contributed by atoms with Crippen molar-refractivity contribution in [3.63, 3.8) is 0 Å². The summed E-state index contributed by atoms with van der Waals surface area (Å²) in [6.07, 6.45) is 10.3. The van der Waals surface area contributed by atoms with E-state index in [1.54, 1.807) is 7.11 Å². The van der Waals surface area contributed by atoms with Crippen LogP contribution in [0.2, 0.25) is 0 Å². The third-order valence-electron chi connectivity index (χ3n) is 4.99. The molecule has 0 saturated heterocycles. The molecule has 1 aromatic carbocycles. The Bertz CT molecular complexity index is 917. The van der Waals surface area contributed by atoms with Crippen LogP contribution in [0.4, 0.5) is 0 Å². The van der Waals surface area contributed by atoms with Gasteiger partial charge in [0.2, 0.25) is 0 Å². The van der Waals surface area contributed by atoms with Crippen LogP contribution in [-0.2, 0) is 6.42 Å². The Morgan fingerprint density at radius 3 is 2.78 bits per heavy atom. The van der Waals surface area contributed by atoms with Crippen molar-refractivity contribution in [1.29, 1.82) is 0 Å². The molecule has 0 saturated carbocycles. The number of rotatable bonds is 6. The molecule has 0 spiro atoms. The van der Waals surface area contributed by atoms with Crippen LogP contribution in [0, 0.1) is 0 Å². The number of para-hydroxylation sites is 2. The molecular formula is C22H24N4O. The fourth-order valence-electron chi connectivity index (χ4n) is 3.43. The molecule has 0 radical (unpaired) electrons. The molecule has 3 aromatic rings. The van der Waals surface area contributed by atoms with E-state index in [1.165, 1.54) is 11.1 Å². The highest BCUT2D eigenvalue weighted by molar-refractivity contribution is 5.66. The van der Waals surface area contributed by atoms with E-state index in [2.05, 4.69) is 39.4 Å². The first kappa shape index (κ1) is 17.5. The molecule has 0 amide bonds. The van der Waals surface area contributed by atoms with Gasteiger partial charge in [0.25, 0.3) is 0 Å². The Balaban J connectivity index is 1.40. The number of pyridine rings is 1. The van der Waals surface area contributed by atoms with Gasteiger partial charge in [-0.2, -0.15) is 5.10 Å². The summed E-state index contributed by atoms with van der Waals surface area (Å²) >= 11 is 0. The number of hydrogen-bond acceptors (Lipinski definition) is 4. The van der Waals surface area contributed by atoms with E-state index in [0.29, 0.717) is 0 Å². The van der Waals surface area contributed by atoms with Crippen molar-refractivity contribution < 1.29 is 4.74 Å². The first-order chi connectivity index (χ1) is 13.3. The number of hydrogen-bond donors (Lipinski definition) is 0. The smallest absolute Gasteiger partial charge is 0.144 e. The molecule has 4 rings (SSSR count). The summed E-state index contributed by atoms with van der Waals surface area (Å²) in [5.41, 5.74) is 4.67. The molecule has 1 aliphatic heterocycles. The second-order valence-electron chi connectivity index (χ2n) is 6.70. The zero-order chi connectivity index (χ0) is 18.5. The van der Waals surface area contributed by atoms with Gasteiger partial charge in [0.05, 0.1) is 13.3 Å². The summed E-state index contributed by atoms with van der Waals surface area (Å²) in [5, 5.41) is 4.54. The quantitative estimate of drug-likeness (QED) is 0.674. The first-order valence-corrected chi connectivity index (χ1v) is 9.33. The van der Waals surface area contributed by atoms with E-state index < -0.39 is 0 Å². The Morgan fingerprint density at radius 1 is 1.11 bits per heavy atom. The molecule has 5 nitrogen and oxygen atoms in total. The first-order valence-electron chi connectivity index (χ1n) is 9.33. The highest BCUT2D eigenvalue weighted by atomic mass is 16.5. The van der Waals surface area contributed by atoms with Crippen LogP contribution in [0.25, 0.3) is 11.3 Å². The van der Waals surface area contributed by atoms with Crippen molar-refractivity contribution in [2.24, 2.45) is 0 Å². The number of methoxy groups -OCH3 is 1. The number of aromatic nitrogens is 3. The second-order valence-corrected chi connectivity index (χ2v) is 6.70. The third-order valence-corrected chi connectivity index (χ3v) is 4.99. The standard InChI is InChI=1S/C22H24N4O/c1-27-22-8-3-2-7-21(22)26-17-19(16-24-26)18-9-13-25(14-10-18)15-11-20-6-4-5-12-23-20/h2-9,12,16-17H,10-11,13-15H2,1H3. The van der Waals surface area contributed by atoms with Gasteiger partial charge in [-0.05, 0) is 36.3 Å². The van der Waals surface area contributed by atoms with E-state index in [9.17, 15) is 0 Å². The molecule has 2 aromatic heterocycles. The third kappa shape index (κ3) is 4.09. The maximum absolute atomic E-state index is 5.44. The molecule has 0 atom stereocenters. The van der Waals surface area contributed by atoms with E-state index >= 15 is 0 Å². The molecule has 0 bridgehead atoms. The van der Waals surface area contributed by atoms with Crippen molar-refractivity contribution in [3.8, 4) is 11.4 Å². The summed E-state index contributed by atoms with van der Waals surface area (Å²) < 4.78 is 7.34. The monoisotopic (exact) mass is 360 g/mol. The highest BCUT2D eigenvalue weighted by Gasteiger charge is 2.15. The Kier molecular flexibility index (Phi) is 5.30. The fourth-order valence-corrected chi connectivity index (χ4v) is 3.43. The SMILES string of the molecule is COc1ccccc1-n1cc(C2=CCN(CCc3ccccn3)CC2)cn1. The molecule has 0 fully saturated rings. The van der Waals surface area contributed by atoms with E-state index in [0.717, 1.165) is 49.6 Å². The van der Waals surface area contributed by atoms with Crippen LogP contribution in [0.3, 0.4) is 0 Å². The van der Waals surface area contributed by atoms with Crippen molar-refractivity contribution in [2.45, 2.75) is 12.8 Å². The summed E-state index contributed by atoms with van der Waals surface area (Å²) in [6.45, 7) is 3.09. The van der Waals surface area contributed by atoms with Gasteiger partial charge < -0.3 is 4.74 Å². The predicted octanol–water partition coefficient (Wildman–Crippen LogP) is 3.61. The van der Waals surface area contributed by atoms with Crippen LogP contribution in [0.15, 0.2) is 67.1 Å². The van der Waals surface area contributed by atoms with Crippen LogP contribution in [0.5, 0.6) is 5.75 Å². The maximum atomic E-state index is 5.44. The zero-order valence-corrected chi connectivity index (χ0v) is 15.6. The molecule has 5 heteroatoms. The van der Waals surface area contributed by atoms with Gasteiger partial charge in [0.15, 0.2) is 0 Å². The molecule has 0 aliphatic carbocycles. The minimum Gasteiger partial charge on any atom is -0.494 e. The van der Waals surface area contributed by atoms with Crippen molar-refractivity contribution in [1.82, 2.24) is 19.7 Å². The average molecular weight is 360 g/mol. The molecule has 3 heterocycles. The number of ether oxygens (including phenoxy) is 1. The Morgan fingerprint density at radius 2 is 2.00 bits per heavy atom. The van der Waals surface area contributed by atoms with Crippen molar-refractivity contribution in [3.05, 3.63) is 78.4 Å². The molecule has 138 valence electrons. The lowest BCUT2D eigenvalue weighted by Crippen LogP contribution is -2.30. The maximum Gasteiger partial charge on any atom is 0.144 e. The lowest BCUT2D eigenvalue weighted by molar-refractivity contribution is 0.305. The summed E-state index contributed by atoms with van der Waals surface area (Å²) in [7, 11) is 1.69. The fraction of sp³-hybridized carbons (Fsp3) is 0.273. The van der Waals surface area contributed by atoms with Crippen LogP contribution >= 0.6 is 0 Å². The van der Waals surface area contributed by atoms with Gasteiger partial charge in [0, 0.05) is 49.7 Å². The topological polar surface area (TPSA) is 43.2 Å². The van der Waals surface area contributed by atoms with Crippen LogP contribution < -0.4 is 4.74 Å². The van der Waals surface area contributed by atoms with Gasteiger partial charge in [-0.25, -0.2) is 4.68 Å². The van der Waals surface area contributed by atoms with Crippen LogP contribution in [0.1, 0.15) is 17.7 Å². The Hall–Kier alpha value is -2.92. The summed E-state index contributed by atoms with van der Waals surface area (Å²) in [4.78, 5) is 6.88. The molecule has 0 unspecified atom stereocenters. The largest absolute Gasteiger partial charge is 0.494 e. The van der Waals surface area contributed by atoms with Gasteiger partial charge in [-0.1, -0.05) is 24.3 Å². The lowest BCUT2D eigenvalue weighted by Gasteiger charge is -2.25. The number of nitrogens with zero attached hydrogens (tertiary/aromatic N) is 4. The van der Waals surface area contributed by atoms with Gasteiger partial charge >= 0.3 is 0 Å². The van der Waals surface area contributed by atoms with Gasteiger partial charge in [-0.15, -0.1) is 0 Å². The van der Waals surface area contributed by atoms with Crippen molar-refractivity contribution >= 4 is 5.57 Å². The second kappa shape index (κ2) is 8.18. The molecule has 1 aliphatic rings. The van der Waals surface area contributed by atoms with Gasteiger partial charge in [-0.3, -0.25) is 9.88 Å². The van der Waals surface area contributed by atoms with E-state index in [1.807, 2.05) is 47.4 Å². The average Bonchev–Trinajstić information content (AvgIpc) is 3.23. The predicted molar refractivity (Wildman–Crippen MR) is 107 cm³/mol. The molecule has 27 heavy (non-hydrogen) atoms. The molecular weight excluding hydrogens is 336 g/mol. The summed E-state index contributed by atoms with van der Waals surface area (Å²) in [5.74, 6) is 0.825. The zero-order valence-electron chi connectivity index (χ0n) is 15.6. The van der Waals surface area contributed by atoms with Crippen LogP contribution in [-0.4, -0.2) is 46.4 Å². The molecule has 0 N–H and O–H groups in total. The minimum absolute atomic E-state index is 0.825. The Labute approximate surface area is 159 Å². The normalized spacial score (nSPS) is 14.8. The minimum atomic E-state index is 0.825. The summed E-state index contributed by atoms with van der Waals surface area (Å²) in [6, 6.07) is 14.0.